The summed E-state index contributed by atoms with van der Waals surface area (Å²) in [6.07, 6.45) is 8.51. The van der Waals surface area contributed by atoms with E-state index in [0.29, 0.717) is 44.4 Å². The number of aliphatic hydroxyl groups is 1. The van der Waals surface area contributed by atoms with E-state index in [1.807, 2.05) is 0 Å². The van der Waals surface area contributed by atoms with Crippen LogP contribution >= 0.6 is 0 Å². The van der Waals surface area contributed by atoms with Crippen molar-refractivity contribution in [3.8, 4) is 0 Å². The summed E-state index contributed by atoms with van der Waals surface area (Å²) in [5.74, 6) is 0.985. The van der Waals surface area contributed by atoms with Gasteiger partial charge in [-0.2, -0.15) is 0 Å². The largest absolute Gasteiger partial charge is 0.396 e. The van der Waals surface area contributed by atoms with Crippen molar-refractivity contribution in [2.75, 3.05) is 32.8 Å². The van der Waals surface area contributed by atoms with Gasteiger partial charge in [0.15, 0.2) is 0 Å². The normalized spacial score (nSPS) is 20.3. The third-order valence-corrected chi connectivity index (χ3v) is 5.08. The van der Waals surface area contributed by atoms with Crippen molar-refractivity contribution >= 4 is 11.9 Å². The second kappa shape index (κ2) is 9.75. The van der Waals surface area contributed by atoms with Crippen molar-refractivity contribution in [1.82, 2.24) is 15.5 Å². The molecule has 1 saturated carbocycles. The third-order valence-electron chi connectivity index (χ3n) is 5.08. The fourth-order valence-electron chi connectivity index (χ4n) is 3.53. The molecule has 0 aromatic rings. The summed E-state index contributed by atoms with van der Waals surface area (Å²) in [6, 6.07) is -0.0667. The Bertz CT molecular complexity index is 375. The van der Waals surface area contributed by atoms with E-state index >= 15 is 0 Å². The summed E-state index contributed by atoms with van der Waals surface area (Å²) in [5, 5.41) is 14.9. The van der Waals surface area contributed by atoms with Gasteiger partial charge in [-0.15, -0.1) is 0 Å². The molecule has 6 nitrogen and oxygen atoms in total. The number of aliphatic hydroxyl groups excluding tert-OH is 1. The number of carbonyl (C=O) groups excluding carboxylic acids is 2. The van der Waals surface area contributed by atoms with Gasteiger partial charge in [-0.25, -0.2) is 4.79 Å². The van der Waals surface area contributed by atoms with Crippen LogP contribution in [-0.4, -0.2) is 54.7 Å². The van der Waals surface area contributed by atoms with Crippen molar-refractivity contribution in [2.24, 2.45) is 11.8 Å². The zero-order chi connectivity index (χ0) is 16.5. The summed E-state index contributed by atoms with van der Waals surface area (Å²) in [6.45, 7) is 2.57. The van der Waals surface area contributed by atoms with E-state index in [0.717, 1.165) is 12.8 Å². The number of nitrogens with zero attached hydrogens (tertiary/aromatic N) is 1. The number of nitrogens with one attached hydrogen (secondary N) is 2. The molecule has 23 heavy (non-hydrogen) atoms. The van der Waals surface area contributed by atoms with Gasteiger partial charge in [-0.3, -0.25) is 4.79 Å². The van der Waals surface area contributed by atoms with Crippen LogP contribution in [0.5, 0.6) is 0 Å². The van der Waals surface area contributed by atoms with Gasteiger partial charge in [0, 0.05) is 39.2 Å². The van der Waals surface area contributed by atoms with Crippen LogP contribution in [0, 0.1) is 11.8 Å². The van der Waals surface area contributed by atoms with Crippen LogP contribution in [0.4, 0.5) is 4.79 Å². The molecule has 1 saturated heterocycles. The van der Waals surface area contributed by atoms with Gasteiger partial charge in [0.25, 0.3) is 0 Å². The first-order chi connectivity index (χ1) is 11.2. The topological polar surface area (TPSA) is 81.7 Å². The van der Waals surface area contributed by atoms with Crippen molar-refractivity contribution in [3.63, 3.8) is 0 Å². The maximum absolute atomic E-state index is 12.0. The molecule has 0 unspecified atom stereocenters. The Hall–Kier alpha value is -1.30. The summed E-state index contributed by atoms with van der Waals surface area (Å²) in [5.41, 5.74) is 0. The molecule has 3 N–H and O–H groups in total. The highest BCUT2D eigenvalue weighted by molar-refractivity contribution is 5.76. The molecule has 0 atom stereocenters. The molecular weight excluding hydrogens is 294 g/mol. The number of hydrogen-bond acceptors (Lipinski definition) is 3. The second-order valence-electron chi connectivity index (χ2n) is 6.90. The monoisotopic (exact) mass is 325 g/mol. The molecule has 0 radical (unpaired) electrons. The lowest BCUT2D eigenvalue weighted by Gasteiger charge is -2.31. The van der Waals surface area contributed by atoms with E-state index in [4.69, 9.17) is 5.11 Å². The smallest absolute Gasteiger partial charge is 0.317 e. The number of piperidine rings is 1. The number of urea groups is 1. The van der Waals surface area contributed by atoms with Crippen molar-refractivity contribution in [1.29, 1.82) is 0 Å². The first kappa shape index (κ1) is 18.0. The first-order valence-electron chi connectivity index (χ1n) is 9.09. The van der Waals surface area contributed by atoms with E-state index in [-0.39, 0.29) is 18.5 Å². The minimum Gasteiger partial charge on any atom is -0.396 e. The highest BCUT2D eigenvalue weighted by atomic mass is 16.3. The highest BCUT2D eigenvalue weighted by Crippen LogP contribution is 2.25. The molecule has 132 valence electrons. The summed E-state index contributed by atoms with van der Waals surface area (Å²) in [4.78, 5) is 25.7. The fraction of sp³-hybridized carbons (Fsp3) is 0.882. The van der Waals surface area contributed by atoms with Gasteiger partial charge < -0.3 is 20.6 Å². The van der Waals surface area contributed by atoms with Crippen molar-refractivity contribution in [2.45, 2.75) is 51.4 Å². The molecule has 0 aromatic carbocycles. The van der Waals surface area contributed by atoms with Gasteiger partial charge in [0.2, 0.25) is 5.91 Å². The minimum absolute atomic E-state index is 0.0667. The quantitative estimate of drug-likeness (QED) is 0.647. The highest BCUT2D eigenvalue weighted by Gasteiger charge is 2.22. The lowest BCUT2D eigenvalue weighted by molar-refractivity contribution is -0.122. The van der Waals surface area contributed by atoms with Gasteiger partial charge in [-0.1, -0.05) is 19.3 Å². The van der Waals surface area contributed by atoms with Crippen molar-refractivity contribution in [3.05, 3.63) is 0 Å². The molecule has 6 heteroatoms. The Morgan fingerprint density at radius 2 is 1.57 bits per heavy atom. The Kier molecular flexibility index (Phi) is 7.65. The molecule has 1 heterocycles. The van der Waals surface area contributed by atoms with Crippen LogP contribution in [0.2, 0.25) is 0 Å². The average molecular weight is 325 g/mol. The van der Waals surface area contributed by atoms with E-state index in [9.17, 15) is 9.59 Å². The number of amides is 3. The SMILES string of the molecule is O=C(CC1CCCCC1)NCCNC(=O)N1CCC(CO)CC1. The minimum atomic E-state index is -0.0667. The Labute approximate surface area is 139 Å². The summed E-state index contributed by atoms with van der Waals surface area (Å²) in [7, 11) is 0. The molecule has 2 fully saturated rings. The Morgan fingerprint density at radius 1 is 0.913 bits per heavy atom. The van der Waals surface area contributed by atoms with Gasteiger partial charge in [0.05, 0.1) is 0 Å². The number of carbonyl (C=O) groups is 2. The van der Waals surface area contributed by atoms with Gasteiger partial charge >= 0.3 is 6.03 Å². The van der Waals surface area contributed by atoms with Crippen LogP contribution in [0.15, 0.2) is 0 Å². The number of hydrogen-bond donors (Lipinski definition) is 3. The number of rotatable bonds is 6. The average Bonchev–Trinajstić information content (AvgIpc) is 2.59. The molecule has 0 bridgehead atoms. The maximum atomic E-state index is 12.0. The van der Waals surface area contributed by atoms with Gasteiger partial charge in [0.1, 0.15) is 0 Å². The Balaban J connectivity index is 1.52. The van der Waals surface area contributed by atoms with E-state index < -0.39 is 0 Å². The molecule has 1 aliphatic carbocycles. The zero-order valence-corrected chi connectivity index (χ0v) is 14.1. The second-order valence-corrected chi connectivity index (χ2v) is 6.90. The molecule has 0 aromatic heterocycles. The van der Waals surface area contributed by atoms with E-state index in [1.54, 1.807) is 4.90 Å². The first-order valence-corrected chi connectivity index (χ1v) is 9.09. The molecule has 2 aliphatic rings. The summed E-state index contributed by atoms with van der Waals surface area (Å²) >= 11 is 0. The van der Waals surface area contributed by atoms with Crippen molar-refractivity contribution < 1.29 is 14.7 Å². The molecule has 2 rings (SSSR count). The molecular formula is C17H31N3O3. The van der Waals surface area contributed by atoms with Crippen LogP contribution in [0.1, 0.15) is 51.4 Å². The summed E-state index contributed by atoms with van der Waals surface area (Å²) < 4.78 is 0. The lowest BCUT2D eigenvalue weighted by atomic mass is 9.87. The van der Waals surface area contributed by atoms with Crippen LogP contribution in [0.25, 0.3) is 0 Å². The zero-order valence-electron chi connectivity index (χ0n) is 14.1. The third kappa shape index (κ3) is 6.37. The van der Waals surface area contributed by atoms with E-state index in [1.165, 1.54) is 32.1 Å². The van der Waals surface area contributed by atoms with Crippen LogP contribution < -0.4 is 10.6 Å². The molecule has 1 aliphatic heterocycles. The number of likely N-dealkylation sites (tertiary alicyclic amines) is 1. The predicted molar refractivity (Wildman–Crippen MR) is 89.0 cm³/mol. The fourth-order valence-corrected chi connectivity index (χ4v) is 3.53. The van der Waals surface area contributed by atoms with E-state index in [2.05, 4.69) is 10.6 Å². The molecule has 0 spiro atoms. The Morgan fingerprint density at radius 3 is 2.22 bits per heavy atom. The maximum Gasteiger partial charge on any atom is 0.317 e. The lowest BCUT2D eigenvalue weighted by Crippen LogP contribution is -2.46. The van der Waals surface area contributed by atoms with Crippen LogP contribution in [0.3, 0.4) is 0 Å². The standard InChI is InChI=1S/C17H31N3O3/c21-13-15-6-10-20(11-7-15)17(23)19-9-8-18-16(22)12-14-4-2-1-3-5-14/h14-15,21H,1-13H2,(H,18,22)(H,19,23). The predicted octanol–water partition coefficient (Wildman–Crippen LogP) is 1.49. The molecule has 3 amide bonds. The van der Waals surface area contributed by atoms with Gasteiger partial charge in [-0.05, 0) is 37.5 Å². The van der Waals surface area contributed by atoms with Crippen LogP contribution in [-0.2, 0) is 4.79 Å².